The van der Waals surface area contributed by atoms with Gasteiger partial charge in [-0.15, -0.1) is 0 Å². The predicted molar refractivity (Wildman–Crippen MR) is 94.7 cm³/mol. The highest BCUT2D eigenvalue weighted by Gasteiger charge is 2.16. The van der Waals surface area contributed by atoms with Gasteiger partial charge in [-0.3, -0.25) is 5.32 Å². The number of carbonyl (C=O) groups is 1. The zero-order valence-electron chi connectivity index (χ0n) is 14.1. The van der Waals surface area contributed by atoms with Crippen molar-refractivity contribution in [2.75, 3.05) is 5.32 Å². The molecule has 0 fully saturated rings. The van der Waals surface area contributed by atoms with Crippen LogP contribution < -0.4 is 5.32 Å². The molecule has 2 rings (SSSR count). The molecule has 0 saturated carbocycles. The molecule has 0 bridgehead atoms. The Balaban J connectivity index is 0.00000155. The number of rotatable bonds is 3. The zero-order chi connectivity index (χ0) is 16.7. The summed E-state index contributed by atoms with van der Waals surface area (Å²) in [7, 11) is 0. The van der Waals surface area contributed by atoms with Gasteiger partial charge in [0.15, 0.2) is 0 Å². The largest absolute Gasteiger partial charge is 0.441 e. The molecule has 1 aromatic heterocycles. The number of benzene rings is 1. The number of hydrogen-bond donors (Lipinski definition) is 1. The molecule has 0 radical (unpaired) electrons. The van der Waals surface area contributed by atoms with E-state index in [1.807, 2.05) is 65.8 Å². The van der Waals surface area contributed by atoms with Crippen LogP contribution in [0, 0.1) is 20.8 Å². The number of anilines is 1. The van der Waals surface area contributed by atoms with Crippen molar-refractivity contribution in [3.05, 3.63) is 46.0 Å². The summed E-state index contributed by atoms with van der Waals surface area (Å²) in [5.74, 6) is 0. The summed E-state index contributed by atoms with van der Waals surface area (Å²) < 4.78 is 9.62. The summed E-state index contributed by atoms with van der Waals surface area (Å²) in [6.07, 6.45) is -0.740. The van der Waals surface area contributed by atoms with E-state index < -0.39 is 6.09 Å². The van der Waals surface area contributed by atoms with Gasteiger partial charge in [0, 0.05) is 6.30 Å². The summed E-state index contributed by atoms with van der Waals surface area (Å²) in [6.45, 7) is 11.7. The van der Waals surface area contributed by atoms with Crippen molar-refractivity contribution in [3.63, 3.8) is 0 Å². The maximum atomic E-state index is 12.0. The van der Waals surface area contributed by atoms with E-state index in [4.69, 9.17) is 4.74 Å². The van der Waals surface area contributed by atoms with Crippen LogP contribution in [0.3, 0.4) is 0 Å². The molecule has 1 amide bonds. The molecule has 4 nitrogen and oxygen atoms in total. The van der Waals surface area contributed by atoms with Gasteiger partial charge in [0.25, 0.3) is 0 Å². The van der Waals surface area contributed by atoms with E-state index >= 15 is 0 Å². The van der Waals surface area contributed by atoms with E-state index in [0.29, 0.717) is 0 Å². The fourth-order valence-electron chi connectivity index (χ4n) is 2.06. The van der Waals surface area contributed by atoms with Gasteiger partial charge in [-0.05, 0) is 50.4 Å². The lowest BCUT2D eigenvalue weighted by Gasteiger charge is -2.16. The summed E-state index contributed by atoms with van der Waals surface area (Å²) in [4.78, 5) is 12.9. The monoisotopic (exact) mass is 322 g/mol. The fourth-order valence-corrected chi connectivity index (χ4v) is 2.72. The molecule has 5 heteroatoms. The smallest absolute Gasteiger partial charge is 0.412 e. The molecule has 1 aromatic carbocycles. The summed E-state index contributed by atoms with van der Waals surface area (Å²) >= 11 is 1.37. The molecule has 22 heavy (non-hydrogen) atoms. The van der Waals surface area contributed by atoms with Gasteiger partial charge >= 0.3 is 6.09 Å². The van der Waals surface area contributed by atoms with Crippen LogP contribution in [0.25, 0.3) is 0 Å². The quantitative estimate of drug-likeness (QED) is 0.794. The number of hydrogen-bond acceptors (Lipinski definition) is 4. The molecule has 2 aromatic rings. The Bertz CT molecular complexity index is 609. The molecule has 0 aliphatic heterocycles. The maximum Gasteiger partial charge on any atom is 0.412 e. The minimum atomic E-state index is -0.452. The second-order valence-electron chi connectivity index (χ2n) is 4.73. The van der Waals surface area contributed by atoms with Gasteiger partial charge in [-0.25, -0.2) is 4.79 Å². The number of nitrogens with one attached hydrogen (secondary N) is 1. The maximum absolute atomic E-state index is 12.0. The first-order valence-electron chi connectivity index (χ1n) is 7.45. The molecular weight excluding hydrogens is 296 g/mol. The average Bonchev–Trinajstić information content (AvgIpc) is 2.81. The average molecular weight is 322 g/mol. The summed E-state index contributed by atoms with van der Waals surface area (Å²) in [6, 6.07) is 7.88. The third kappa shape index (κ3) is 4.56. The second kappa shape index (κ2) is 8.54. The minimum absolute atomic E-state index is 0. The Morgan fingerprint density at radius 3 is 2.45 bits per heavy atom. The number of aromatic nitrogens is 1. The van der Waals surface area contributed by atoms with Gasteiger partial charge in [0.05, 0.1) is 11.4 Å². The molecular formula is C17H26N2O2S. The third-order valence-corrected chi connectivity index (χ3v) is 4.01. The highest BCUT2D eigenvalue weighted by atomic mass is 32.1. The van der Waals surface area contributed by atoms with Crippen molar-refractivity contribution in [1.82, 2.24) is 4.37 Å². The Hall–Kier alpha value is -1.88. The number of amides is 1. The van der Waals surface area contributed by atoms with Gasteiger partial charge in [-0.2, -0.15) is 4.37 Å². The number of nitrogens with zero attached hydrogens (tertiary/aromatic N) is 1. The zero-order valence-corrected chi connectivity index (χ0v) is 14.9. The van der Waals surface area contributed by atoms with Crippen LogP contribution >= 0.6 is 11.5 Å². The van der Waals surface area contributed by atoms with E-state index in [-0.39, 0.29) is 7.53 Å². The molecule has 0 saturated heterocycles. The molecule has 0 aliphatic carbocycles. The Kier molecular flexibility index (Phi) is 7.05. The Morgan fingerprint density at radius 1 is 1.27 bits per heavy atom. The lowest BCUT2D eigenvalue weighted by Crippen LogP contribution is -2.17. The molecule has 1 atom stereocenters. The Labute approximate surface area is 138 Å². The molecule has 122 valence electrons. The van der Waals surface area contributed by atoms with Crippen LogP contribution in [0.2, 0.25) is 0 Å². The van der Waals surface area contributed by atoms with Crippen LogP contribution in [0.5, 0.6) is 0 Å². The highest BCUT2D eigenvalue weighted by Crippen LogP contribution is 2.25. The van der Waals surface area contributed by atoms with Gasteiger partial charge in [-0.1, -0.05) is 38.1 Å². The SMILES string of the molecule is CC.Cc1ccccc1[C@@H](C)OC(=O)Nc1c(C)nsc1C.[HH]. The fraction of sp³-hybridized carbons (Fsp3) is 0.412. The molecule has 1 heterocycles. The number of aryl methyl sites for hydroxylation is 3. The second-order valence-corrected chi connectivity index (χ2v) is 5.71. The van der Waals surface area contributed by atoms with Crippen LogP contribution in [0.15, 0.2) is 24.3 Å². The molecule has 0 unspecified atom stereocenters. The highest BCUT2D eigenvalue weighted by molar-refractivity contribution is 7.06. The van der Waals surface area contributed by atoms with Gasteiger partial charge in [0.2, 0.25) is 0 Å². The van der Waals surface area contributed by atoms with E-state index in [0.717, 1.165) is 27.4 Å². The van der Waals surface area contributed by atoms with Crippen LogP contribution in [-0.2, 0) is 4.74 Å². The number of carbonyl (C=O) groups excluding carboxylic acids is 1. The van der Waals surface area contributed by atoms with Crippen LogP contribution in [0.1, 0.15) is 50.0 Å². The topological polar surface area (TPSA) is 51.2 Å². The normalized spacial score (nSPS) is 11.2. The van der Waals surface area contributed by atoms with Crippen molar-refractivity contribution >= 4 is 23.3 Å². The van der Waals surface area contributed by atoms with E-state index in [2.05, 4.69) is 9.69 Å². The van der Waals surface area contributed by atoms with Gasteiger partial charge in [0.1, 0.15) is 6.10 Å². The predicted octanol–water partition coefficient (Wildman–Crippen LogP) is 5.65. The first kappa shape index (κ1) is 18.2. The minimum Gasteiger partial charge on any atom is -0.441 e. The molecule has 0 aliphatic rings. The van der Waals surface area contributed by atoms with Crippen molar-refractivity contribution in [2.24, 2.45) is 0 Å². The van der Waals surface area contributed by atoms with Crippen LogP contribution in [0.4, 0.5) is 10.5 Å². The molecule has 0 spiro atoms. The number of ether oxygens (including phenoxy) is 1. The third-order valence-electron chi connectivity index (χ3n) is 3.17. The Morgan fingerprint density at radius 2 is 1.91 bits per heavy atom. The molecule has 1 N–H and O–H groups in total. The standard InChI is InChI=1S/C15H18N2O2S.C2H6.H2/c1-9-7-5-6-8-13(9)11(3)19-15(18)16-14-10(2)17-20-12(14)4;1-2;/h5-8,11H,1-4H3,(H,16,18);1-2H3;1H/t11-;;/m1../s1. The van der Waals surface area contributed by atoms with Crippen molar-refractivity contribution in [2.45, 2.75) is 47.6 Å². The van der Waals surface area contributed by atoms with E-state index in [1.165, 1.54) is 11.5 Å². The lowest BCUT2D eigenvalue weighted by atomic mass is 10.1. The van der Waals surface area contributed by atoms with E-state index in [1.54, 1.807) is 0 Å². The van der Waals surface area contributed by atoms with Crippen molar-refractivity contribution in [3.8, 4) is 0 Å². The first-order chi connectivity index (χ1) is 10.5. The first-order valence-corrected chi connectivity index (χ1v) is 8.22. The van der Waals surface area contributed by atoms with Crippen LogP contribution in [-0.4, -0.2) is 10.5 Å². The summed E-state index contributed by atoms with van der Waals surface area (Å²) in [5.41, 5.74) is 3.68. The van der Waals surface area contributed by atoms with Gasteiger partial charge < -0.3 is 4.74 Å². The van der Waals surface area contributed by atoms with Crippen molar-refractivity contribution in [1.29, 1.82) is 0 Å². The summed E-state index contributed by atoms with van der Waals surface area (Å²) in [5, 5.41) is 2.77. The van der Waals surface area contributed by atoms with E-state index in [9.17, 15) is 4.79 Å². The lowest BCUT2D eigenvalue weighted by molar-refractivity contribution is 0.121. The van der Waals surface area contributed by atoms with Crippen molar-refractivity contribution < 1.29 is 11.0 Å².